The normalized spacial score (nSPS) is 17.9. The van der Waals surface area contributed by atoms with Gasteiger partial charge >= 0.3 is 12.0 Å². The first-order valence-corrected chi connectivity index (χ1v) is 7.68. The summed E-state index contributed by atoms with van der Waals surface area (Å²) in [5, 5.41) is 14.3. The zero-order valence-electron chi connectivity index (χ0n) is 11.0. The maximum absolute atomic E-state index is 11.6. The van der Waals surface area contributed by atoms with E-state index in [9.17, 15) is 9.59 Å². The average Bonchev–Trinajstić information content (AvgIpc) is 3.12. The van der Waals surface area contributed by atoms with Crippen molar-refractivity contribution in [2.45, 2.75) is 38.6 Å². The van der Waals surface area contributed by atoms with E-state index in [1.54, 1.807) is 11.8 Å². The Balaban J connectivity index is 2.29. The number of carboxylic acids is 1. The Morgan fingerprint density at radius 2 is 2.11 bits per heavy atom. The molecule has 1 saturated carbocycles. The molecule has 0 aromatic carbocycles. The van der Waals surface area contributed by atoms with Crippen LogP contribution in [0, 0.1) is 5.41 Å². The van der Waals surface area contributed by atoms with Crippen molar-refractivity contribution < 1.29 is 14.7 Å². The quantitative estimate of drug-likeness (QED) is 0.629. The average molecular weight is 274 g/mol. The Morgan fingerprint density at radius 3 is 2.56 bits per heavy atom. The fourth-order valence-corrected chi connectivity index (χ4v) is 2.27. The molecule has 0 bridgehead atoms. The fraction of sp³-hybridized carbons (Fsp3) is 0.833. The predicted molar refractivity (Wildman–Crippen MR) is 72.9 cm³/mol. The van der Waals surface area contributed by atoms with Gasteiger partial charge in [-0.3, -0.25) is 0 Å². The number of nitrogens with one attached hydrogen (secondary N) is 2. The Hall–Kier alpha value is -0.910. The number of rotatable bonds is 8. The Morgan fingerprint density at radius 1 is 1.44 bits per heavy atom. The molecule has 0 saturated heterocycles. The maximum Gasteiger partial charge on any atom is 0.326 e. The second-order valence-electron chi connectivity index (χ2n) is 4.85. The summed E-state index contributed by atoms with van der Waals surface area (Å²) in [4.78, 5) is 22.6. The van der Waals surface area contributed by atoms with Crippen molar-refractivity contribution in [2.24, 2.45) is 5.41 Å². The molecule has 1 fully saturated rings. The van der Waals surface area contributed by atoms with Gasteiger partial charge in [-0.2, -0.15) is 11.8 Å². The summed E-state index contributed by atoms with van der Waals surface area (Å²) in [6.45, 7) is 2.76. The van der Waals surface area contributed by atoms with Gasteiger partial charge in [0.1, 0.15) is 6.04 Å². The van der Waals surface area contributed by atoms with Gasteiger partial charge in [-0.15, -0.1) is 0 Å². The highest BCUT2D eigenvalue weighted by Crippen LogP contribution is 2.47. The van der Waals surface area contributed by atoms with E-state index in [0.717, 1.165) is 25.0 Å². The molecule has 1 aliphatic rings. The van der Waals surface area contributed by atoms with Crippen molar-refractivity contribution >= 4 is 23.8 Å². The summed E-state index contributed by atoms with van der Waals surface area (Å²) in [6, 6.07) is -1.17. The van der Waals surface area contributed by atoms with Gasteiger partial charge in [0, 0.05) is 6.54 Å². The van der Waals surface area contributed by atoms with E-state index in [-0.39, 0.29) is 11.4 Å². The van der Waals surface area contributed by atoms with Gasteiger partial charge in [-0.25, -0.2) is 9.59 Å². The molecule has 0 aromatic rings. The summed E-state index contributed by atoms with van der Waals surface area (Å²) in [7, 11) is 0. The number of carbonyl (C=O) groups is 2. The van der Waals surface area contributed by atoms with Gasteiger partial charge < -0.3 is 15.7 Å². The molecule has 1 atom stereocenters. The number of carboxylic acid groups (broad SMARTS) is 1. The molecule has 1 aliphatic carbocycles. The molecule has 0 aliphatic heterocycles. The van der Waals surface area contributed by atoms with Crippen LogP contribution in [-0.4, -0.2) is 41.7 Å². The lowest BCUT2D eigenvalue weighted by Crippen LogP contribution is -2.47. The first kappa shape index (κ1) is 15.1. The van der Waals surface area contributed by atoms with Gasteiger partial charge in [0.2, 0.25) is 0 Å². The zero-order chi connectivity index (χ0) is 13.6. The SMILES string of the molecule is CCC1(CNC(=O)N[C@H](CCSC)C(=O)O)CC1. The van der Waals surface area contributed by atoms with E-state index in [0.29, 0.717) is 13.0 Å². The Bertz CT molecular complexity index is 306. The van der Waals surface area contributed by atoms with E-state index in [1.807, 2.05) is 6.26 Å². The third kappa shape index (κ3) is 4.76. The molecule has 3 N–H and O–H groups in total. The molecular weight excluding hydrogens is 252 g/mol. The predicted octanol–water partition coefficient (Wildman–Crippen LogP) is 1.68. The molecule has 5 nitrogen and oxygen atoms in total. The summed E-state index contributed by atoms with van der Waals surface area (Å²) in [5.41, 5.74) is 0.273. The van der Waals surface area contributed by atoms with Crippen LogP contribution < -0.4 is 10.6 Å². The summed E-state index contributed by atoms with van der Waals surface area (Å²) < 4.78 is 0. The van der Waals surface area contributed by atoms with Crippen molar-refractivity contribution in [3.8, 4) is 0 Å². The van der Waals surface area contributed by atoms with Crippen LogP contribution in [0.2, 0.25) is 0 Å². The highest BCUT2D eigenvalue weighted by Gasteiger charge is 2.40. The van der Waals surface area contributed by atoms with Crippen LogP contribution in [0.25, 0.3) is 0 Å². The minimum Gasteiger partial charge on any atom is -0.480 e. The zero-order valence-corrected chi connectivity index (χ0v) is 11.8. The lowest BCUT2D eigenvalue weighted by atomic mass is 10.0. The Labute approximate surface area is 112 Å². The number of amides is 2. The minimum absolute atomic E-state index is 0.273. The minimum atomic E-state index is -0.976. The van der Waals surface area contributed by atoms with E-state index >= 15 is 0 Å². The summed E-state index contributed by atoms with van der Waals surface area (Å²) >= 11 is 1.57. The highest BCUT2D eigenvalue weighted by molar-refractivity contribution is 7.98. The number of thioether (sulfide) groups is 1. The van der Waals surface area contributed by atoms with Crippen LogP contribution in [0.4, 0.5) is 4.79 Å². The lowest BCUT2D eigenvalue weighted by molar-refractivity contribution is -0.139. The van der Waals surface area contributed by atoms with Crippen molar-refractivity contribution in [3.63, 3.8) is 0 Å². The summed E-state index contributed by atoms with van der Waals surface area (Å²) in [6.07, 6.45) is 5.72. The smallest absolute Gasteiger partial charge is 0.326 e. The molecule has 6 heteroatoms. The number of carbonyl (C=O) groups excluding carboxylic acids is 1. The van der Waals surface area contributed by atoms with Gasteiger partial charge in [0.15, 0.2) is 0 Å². The molecular formula is C12H22N2O3S. The largest absolute Gasteiger partial charge is 0.480 e. The van der Waals surface area contributed by atoms with Crippen molar-refractivity contribution in [2.75, 3.05) is 18.6 Å². The van der Waals surface area contributed by atoms with Crippen molar-refractivity contribution in [1.29, 1.82) is 0 Å². The van der Waals surface area contributed by atoms with Crippen LogP contribution in [0.3, 0.4) is 0 Å². The van der Waals surface area contributed by atoms with E-state index in [1.165, 1.54) is 0 Å². The third-order valence-electron chi connectivity index (χ3n) is 3.55. The second kappa shape index (κ2) is 6.87. The standard InChI is InChI=1S/C12H22N2O3S/c1-3-12(5-6-12)8-13-11(17)14-9(10(15)16)4-7-18-2/h9H,3-8H2,1-2H3,(H,15,16)(H2,13,14,17)/t9-/m1/s1. The second-order valence-corrected chi connectivity index (χ2v) is 5.84. The molecule has 0 heterocycles. The maximum atomic E-state index is 11.6. The molecule has 0 unspecified atom stereocenters. The van der Waals surface area contributed by atoms with E-state index in [4.69, 9.17) is 5.11 Å². The lowest BCUT2D eigenvalue weighted by Gasteiger charge is -2.17. The number of aliphatic carboxylic acids is 1. The molecule has 0 radical (unpaired) electrons. The molecule has 1 rings (SSSR count). The van der Waals surface area contributed by atoms with Crippen molar-refractivity contribution in [1.82, 2.24) is 10.6 Å². The monoisotopic (exact) mass is 274 g/mol. The Kier molecular flexibility index (Phi) is 5.78. The molecule has 104 valence electrons. The van der Waals surface area contributed by atoms with Crippen molar-refractivity contribution in [3.05, 3.63) is 0 Å². The van der Waals surface area contributed by atoms with Gasteiger partial charge in [0.25, 0.3) is 0 Å². The fourth-order valence-electron chi connectivity index (χ4n) is 1.80. The topological polar surface area (TPSA) is 78.4 Å². The third-order valence-corrected chi connectivity index (χ3v) is 4.19. The van der Waals surface area contributed by atoms with Gasteiger partial charge in [0.05, 0.1) is 0 Å². The van der Waals surface area contributed by atoms with Gasteiger partial charge in [-0.05, 0) is 43.1 Å². The molecule has 2 amide bonds. The number of hydrogen-bond donors (Lipinski definition) is 3. The van der Waals surface area contributed by atoms with Crippen LogP contribution in [-0.2, 0) is 4.79 Å². The van der Waals surface area contributed by atoms with E-state index < -0.39 is 12.0 Å². The molecule has 18 heavy (non-hydrogen) atoms. The van der Waals surface area contributed by atoms with Crippen LogP contribution in [0.5, 0.6) is 0 Å². The molecule has 0 aromatic heterocycles. The van der Waals surface area contributed by atoms with Crippen LogP contribution >= 0.6 is 11.8 Å². The summed E-state index contributed by atoms with van der Waals surface area (Å²) in [5.74, 6) is -0.258. The van der Waals surface area contributed by atoms with E-state index in [2.05, 4.69) is 17.6 Å². The van der Waals surface area contributed by atoms with Gasteiger partial charge in [-0.1, -0.05) is 6.92 Å². The van der Waals surface area contributed by atoms with Crippen LogP contribution in [0.15, 0.2) is 0 Å². The molecule has 0 spiro atoms. The first-order chi connectivity index (χ1) is 8.53. The first-order valence-electron chi connectivity index (χ1n) is 6.29. The number of urea groups is 1. The number of hydrogen-bond acceptors (Lipinski definition) is 3. The highest BCUT2D eigenvalue weighted by atomic mass is 32.2. The van der Waals surface area contributed by atoms with Crippen LogP contribution in [0.1, 0.15) is 32.6 Å².